The lowest BCUT2D eigenvalue weighted by Gasteiger charge is -2.15. The molecule has 34 heavy (non-hydrogen) atoms. The van der Waals surface area contributed by atoms with E-state index in [-0.39, 0.29) is 23.0 Å². The predicted molar refractivity (Wildman–Crippen MR) is 132 cm³/mol. The van der Waals surface area contributed by atoms with Crippen LogP contribution in [0, 0.1) is 12.8 Å². The van der Waals surface area contributed by atoms with Crippen molar-refractivity contribution in [2.24, 2.45) is 18.0 Å². The number of aromatic nitrogens is 3. The number of sulfone groups is 1. The van der Waals surface area contributed by atoms with Gasteiger partial charge in [-0.15, -0.1) is 0 Å². The molecule has 0 saturated heterocycles. The van der Waals surface area contributed by atoms with Crippen LogP contribution in [-0.2, 0) is 34.5 Å². The first-order valence-electron chi connectivity index (χ1n) is 11.3. The van der Waals surface area contributed by atoms with Crippen molar-refractivity contribution >= 4 is 38.4 Å². The molecule has 1 aliphatic heterocycles. The highest BCUT2D eigenvalue weighted by molar-refractivity contribution is 7.90. The molecule has 3 aromatic rings. The standard InChI is InChI=1S/C25H27N5O3S/c1-14-9-21-25(26-14)22(12-18(27-21)13-23(31)16-5-6-16)28-19-8-7-17(11-24(19)34(4,32)33)20-10-15(2)30(3)29-20/h7-8,10-12,16H,5-6,9,13H2,1-4H3,(H,27,28). The van der Waals surface area contributed by atoms with Gasteiger partial charge >= 0.3 is 0 Å². The Bertz CT molecular complexity index is 1450. The number of carbonyl (C=O) groups excluding carboxylic acids is 1. The Morgan fingerprint density at radius 3 is 2.56 bits per heavy atom. The second-order valence-electron chi connectivity index (χ2n) is 9.30. The molecule has 0 amide bonds. The molecule has 0 unspecified atom stereocenters. The summed E-state index contributed by atoms with van der Waals surface area (Å²) in [5, 5.41) is 7.77. The molecule has 3 heterocycles. The lowest BCUT2D eigenvalue weighted by Crippen LogP contribution is -2.09. The summed E-state index contributed by atoms with van der Waals surface area (Å²) in [6.07, 6.45) is 4.00. The van der Waals surface area contributed by atoms with Gasteiger partial charge in [0.15, 0.2) is 9.84 Å². The van der Waals surface area contributed by atoms with Crippen LogP contribution in [0.25, 0.3) is 11.3 Å². The number of aliphatic imine (C=N–C) groups is 1. The normalized spacial score (nSPS) is 15.2. The quantitative estimate of drug-likeness (QED) is 0.549. The second-order valence-corrected chi connectivity index (χ2v) is 11.3. The van der Waals surface area contributed by atoms with E-state index in [1.807, 2.05) is 39.1 Å². The number of fused-ring (bicyclic) bond motifs is 1. The van der Waals surface area contributed by atoms with Gasteiger partial charge in [-0.25, -0.2) is 8.42 Å². The third-order valence-corrected chi connectivity index (χ3v) is 7.43. The summed E-state index contributed by atoms with van der Waals surface area (Å²) in [7, 11) is -1.70. The second kappa shape index (κ2) is 8.16. The molecule has 176 valence electrons. The highest BCUT2D eigenvalue weighted by atomic mass is 32.2. The highest BCUT2D eigenvalue weighted by Crippen LogP contribution is 2.39. The summed E-state index contributed by atoms with van der Waals surface area (Å²) in [6.45, 7) is 3.88. The molecule has 1 saturated carbocycles. The fourth-order valence-electron chi connectivity index (χ4n) is 4.22. The van der Waals surface area contributed by atoms with Crippen molar-refractivity contribution in [3.8, 4) is 11.3 Å². The Labute approximate surface area is 199 Å². The van der Waals surface area contributed by atoms with Crippen LogP contribution < -0.4 is 5.32 Å². The van der Waals surface area contributed by atoms with Gasteiger partial charge in [-0.2, -0.15) is 5.10 Å². The number of nitrogens with one attached hydrogen (secondary N) is 1. The molecule has 1 fully saturated rings. The number of benzene rings is 1. The monoisotopic (exact) mass is 477 g/mol. The van der Waals surface area contributed by atoms with Crippen molar-refractivity contribution < 1.29 is 13.2 Å². The third kappa shape index (κ3) is 4.40. The maximum Gasteiger partial charge on any atom is 0.177 e. The minimum Gasteiger partial charge on any atom is -0.353 e. The number of anilines is 2. The van der Waals surface area contributed by atoms with Crippen LogP contribution in [-0.4, -0.2) is 40.9 Å². The number of Topliss-reactive ketones (excluding diaryl/α,β-unsaturated/α-hetero) is 1. The van der Waals surface area contributed by atoms with Gasteiger partial charge in [-0.05, 0) is 51.0 Å². The lowest BCUT2D eigenvalue weighted by molar-refractivity contribution is -0.119. The van der Waals surface area contributed by atoms with Gasteiger partial charge in [0.25, 0.3) is 0 Å². The summed E-state index contributed by atoms with van der Waals surface area (Å²) < 4.78 is 27.2. The van der Waals surface area contributed by atoms with E-state index in [1.165, 1.54) is 6.26 Å². The van der Waals surface area contributed by atoms with Crippen molar-refractivity contribution in [1.29, 1.82) is 0 Å². The Balaban J connectivity index is 1.55. The number of rotatable bonds is 7. The van der Waals surface area contributed by atoms with Crippen molar-refractivity contribution in [3.05, 3.63) is 47.4 Å². The molecule has 2 aliphatic rings. The number of nitrogens with zero attached hydrogens (tertiary/aromatic N) is 4. The van der Waals surface area contributed by atoms with Crippen molar-refractivity contribution in [1.82, 2.24) is 14.8 Å². The zero-order chi connectivity index (χ0) is 24.2. The van der Waals surface area contributed by atoms with E-state index in [4.69, 9.17) is 0 Å². The summed E-state index contributed by atoms with van der Waals surface area (Å²) in [5.41, 5.74) is 6.64. The minimum atomic E-state index is -3.55. The van der Waals surface area contributed by atoms with Crippen LogP contribution in [0.15, 0.2) is 40.2 Å². The first-order valence-corrected chi connectivity index (χ1v) is 13.2. The number of carbonyl (C=O) groups is 1. The molecule has 0 atom stereocenters. The Morgan fingerprint density at radius 2 is 1.91 bits per heavy atom. The highest BCUT2D eigenvalue weighted by Gasteiger charge is 2.30. The lowest BCUT2D eigenvalue weighted by atomic mass is 10.1. The molecular weight excluding hydrogens is 450 g/mol. The fourth-order valence-corrected chi connectivity index (χ4v) is 5.08. The Hall–Kier alpha value is -3.33. The smallest absolute Gasteiger partial charge is 0.177 e. The molecule has 2 aromatic heterocycles. The van der Waals surface area contributed by atoms with E-state index in [9.17, 15) is 13.2 Å². The molecule has 5 rings (SSSR count). The van der Waals surface area contributed by atoms with Crippen LogP contribution in [0.3, 0.4) is 0 Å². The molecular formula is C25H27N5O3S. The van der Waals surface area contributed by atoms with Gasteiger partial charge in [-0.1, -0.05) is 6.07 Å². The molecule has 8 nitrogen and oxygen atoms in total. The van der Waals surface area contributed by atoms with Crippen molar-refractivity contribution in [3.63, 3.8) is 0 Å². The minimum absolute atomic E-state index is 0.157. The molecule has 0 radical (unpaired) electrons. The average Bonchev–Trinajstić information content (AvgIpc) is 3.47. The van der Waals surface area contributed by atoms with E-state index in [1.54, 1.807) is 16.8 Å². The zero-order valence-electron chi connectivity index (χ0n) is 19.7. The maximum atomic E-state index is 12.7. The van der Waals surface area contributed by atoms with Crippen LogP contribution in [0.4, 0.5) is 17.1 Å². The summed E-state index contributed by atoms with van der Waals surface area (Å²) in [6, 6.07) is 9.00. The first-order chi connectivity index (χ1) is 16.1. The van der Waals surface area contributed by atoms with Gasteiger partial charge < -0.3 is 5.32 Å². The van der Waals surface area contributed by atoms with Crippen molar-refractivity contribution in [2.45, 2.75) is 44.4 Å². The summed E-state index contributed by atoms with van der Waals surface area (Å²) >= 11 is 0. The van der Waals surface area contributed by atoms with Crippen LogP contribution in [0.5, 0.6) is 0 Å². The van der Waals surface area contributed by atoms with Gasteiger partial charge in [0.2, 0.25) is 0 Å². The van der Waals surface area contributed by atoms with Gasteiger partial charge in [0.05, 0.1) is 33.4 Å². The van der Waals surface area contributed by atoms with Gasteiger partial charge in [0, 0.05) is 49.0 Å². The predicted octanol–water partition coefficient (Wildman–Crippen LogP) is 4.11. The topological polar surface area (TPSA) is 106 Å². The third-order valence-electron chi connectivity index (χ3n) is 6.29. The zero-order valence-corrected chi connectivity index (χ0v) is 20.5. The molecule has 1 N–H and O–H groups in total. The van der Waals surface area contributed by atoms with E-state index in [2.05, 4.69) is 20.4 Å². The molecule has 0 bridgehead atoms. The van der Waals surface area contributed by atoms with Crippen LogP contribution in [0.1, 0.15) is 36.8 Å². The van der Waals surface area contributed by atoms with E-state index in [0.717, 1.165) is 35.5 Å². The fraction of sp³-hybridized carbons (Fsp3) is 0.360. The molecule has 1 aromatic carbocycles. The Morgan fingerprint density at radius 1 is 1.15 bits per heavy atom. The number of aryl methyl sites for hydroxylation is 2. The number of pyridine rings is 1. The summed E-state index contributed by atoms with van der Waals surface area (Å²) in [5.74, 6) is 0.366. The molecule has 1 aliphatic carbocycles. The van der Waals surface area contributed by atoms with Crippen LogP contribution >= 0.6 is 0 Å². The van der Waals surface area contributed by atoms with E-state index >= 15 is 0 Å². The summed E-state index contributed by atoms with van der Waals surface area (Å²) in [4.78, 5) is 21.9. The Kier molecular flexibility index (Phi) is 5.39. The van der Waals surface area contributed by atoms with Gasteiger partial charge in [0.1, 0.15) is 11.5 Å². The maximum absolute atomic E-state index is 12.7. The van der Waals surface area contributed by atoms with E-state index in [0.29, 0.717) is 34.9 Å². The number of hydrogen-bond donors (Lipinski definition) is 1. The average molecular weight is 478 g/mol. The molecule has 0 spiro atoms. The SMILES string of the molecule is CC1=Nc2c(Nc3ccc(-c4cc(C)n(C)n4)cc3S(C)(=O)=O)cc(CC(=O)C3CC3)nc2C1. The molecule has 9 heteroatoms. The van der Waals surface area contributed by atoms with E-state index < -0.39 is 9.84 Å². The van der Waals surface area contributed by atoms with Gasteiger partial charge in [-0.3, -0.25) is 19.5 Å². The largest absolute Gasteiger partial charge is 0.353 e. The van der Waals surface area contributed by atoms with Crippen LogP contribution in [0.2, 0.25) is 0 Å². The van der Waals surface area contributed by atoms with Crippen molar-refractivity contribution in [2.75, 3.05) is 11.6 Å². The number of hydrogen-bond acceptors (Lipinski definition) is 7. The first kappa shape index (κ1) is 22.5. The number of ketones is 1.